The number of β-amino-alcohol motifs (C(OH)–C–C–N with tert-alkyl or cyclic N) is 1. The highest BCUT2D eigenvalue weighted by Crippen LogP contribution is 2.37. The third kappa shape index (κ3) is 2.85. The zero-order valence-corrected chi connectivity index (χ0v) is 13.0. The molecule has 24 heavy (non-hydrogen) atoms. The minimum Gasteiger partial charge on any atom is -0.477 e. The van der Waals surface area contributed by atoms with Gasteiger partial charge in [-0.25, -0.2) is 4.79 Å². The fourth-order valence-electron chi connectivity index (χ4n) is 3.25. The lowest BCUT2D eigenvalue weighted by atomic mass is 9.86. The van der Waals surface area contributed by atoms with Crippen LogP contribution in [0.25, 0.3) is 10.9 Å². The van der Waals surface area contributed by atoms with E-state index in [1.165, 1.54) is 0 Å². The van der Waals surface area contributed by atoms with Crippen molar-refractivity contribution in [3.05, 3.63) is 42.1 Å². The Hall–Kier alpha value is -2.12. The number of hydrogen-bond donors (Lipinski definition) is 2. The summed E-state index contributed by atoms with van der Waals surface area (Å²) in [7, 11) is 0. The van der Waals surface area contributed by atoms with Crippen molar-refractivity contribution in [2.45, 2.75) is 30.9 Å². The summed E-state index contributed by atoms with van der Waals surface area (Å²) < 4.78 is 27.8. The highest BCUT2D eigenvalue weighted by atomic mass is 19.3. The lowest BCUT2D eigenvalue weighted by Gasteiger charge is -2.41. The molecule has 1 unspecified atom stereocenters. The van der Waals surface area contributed by atoms with Gasteiger partial charge in [-0.2, -0.15) is 8.78 Å². The molecule has 2 N–H and O–H groups in total. The molecule has 1 aliphatic rings. The molecule has 0 bridgehead atoms. The molecule has 2 aromatic rings. The van der Waals surface area contributed by atoms with Gasteiger partial charge in [0, 0.05) is 24.7 Å². The van der Waals surface area contributed by atoms with E-state index in [1.54, 1.807) is 11.1 Å². The van der Waals surface area contributed by atoms with Crippen LogP contribution < -0.4 is 0 Å². The number of benzene rings is 1. The number of fused-ring (bicyclic) bond motifs is 1. The molecule has 0 saturated carbocycles. The number of likely N-dealkylation sites (tertiary alicyclic amines) is 1. The second-order valence-electron chi connectivity index (χ2n) is 6.22. The molecule has 7 heteroatoms. The number of aromatic nitrogens is 1. The van der Waals surface area contributed by atoms with Crippen molar-refractivity contribution in [1.82, 2.24) is 9.88 Å². The molecule has 5 nitrogen and oxygen atoms in total. The van der Waals surface area contributed by atoms with E-state index in [0.717, 1.165) is 16.5 Å². The van der Waals surface area contributed by atoms with Crippen LogP contribution >= 0.6 is 0 Å². The third-order valence-corrected chi connectivity index (χ3v) is 4.51. The van der Waals surface area contributed by atoms with Crippen LogP contribution in [0.2, 0.25) is 0 Å². The van der Waals surface area contributed by atoms with Crippen molar-refractivity contribution in [3.63, 3.8) is 0 Å². The fourth-order valence-corrected chi connectivity index (χ4v) is 3.25. The molecule has 1 aromatic carbocycles. The van der Waals surface area contributed by atoms with Gasteiger partial charge >= 0.3 is 11.9 Å². The molecular formula is C17H18F2N2O3. The molecule has 0 amide bonds. The average Bonchev–Trinajstić information content (AvgIpc) is 2.55. The first-order valence-electron chi connectivity index (χ1n) is 7.72. The van der Waals surface area contributed by atoms with E-state index in [1.807, 2.05) is 30.3 Å². The summed E-state index contributed by atoms with van der Waals surface area (Å²) >= 11 is 0. The molecule has 1 fully saturated rings. The van der Waals surface area contributed by atoms with Gasteiger partial charge in [0.05, 0.1) is 5.52 Å². The lowest BCUT2D eigenvalue weighted by molar-refractivity contribution is -0.220. The molecule has 1 aliphatic heterocycles. The number of alkyl halides is 2. The molecule has 1 atom stereocenters. The summed E-state index contributed by atoms with van der Waals surface area (Å²) in [6, 6.07) is 9.37. The van der Waals surface area contributed by atoms with Gasteiger partial charge in [-0.15, -0.1) is 0 Å². The molecule has 1 saturated heterocycles. The van der Waals surface area contributed by atoms with Crippen molar-refractivity contribution in [1.29, 1.82) is 0 Å². The number of carboxylic acid groups (broad SMARTS) is 1. The van der Waals surface area contributed by atoms with E-state index in [4.69, 9.17) is 5.11 Å². The predicted molar refractivity (Wildman–Crippen MR) is 83.8 cm³/mol. The molecule has 0 radical (unpaired) electrons. The van der Waals surface area contributed by atoms with Crippen LogP contribution in [0.1, 0.15) is 18.4 Å². The Morgan fingerprint density at radius 2 is 2.08 bits per heavy atom. The number of pyridine rings is 1. The van der Waals surface area contributed by atoms with E-state index in [2.05, 4.69) is 4.98 Å². The molecule has 0 spiro atoms. The van der Waals surface area contributed by atoms with E-state index < -0.39 is 24.0 Å². The van der Waals surface area contributed by atoms with Crippen molar-refractivity contribution in [2.24, 2.45) is 0 Å². The number of aliphatic carboxylic acids is 1. The first-order valence-corrected chi connectivity index (χ1v) is 7.72. The summed E-state index contributed by atoms with van der Waals surface area (Å²) in [4.78, 5) is 16.8. The second-order valence-corrected chi connectivity index (χ2v) is 6.22. The smallest absolute Gasteiger partial charge is 0.377 e. The number of aliphatic hydroxyl groups is 1. The second kappa shape index (κ2) is 6.07. The predicted octanol–water partition coefficient (Wildman–Crippen LogP) is 2.28. The maximum Gasteiger partial charge on any atom is 0.377 e. The molecule has 3 rings (SSSR count). The van der Waals surface area contributed by atoms with Crippen LogP contribution in [0.5, 0.6) is 0 Å². The SMILES string of the molecule is O=C(O)C(F)(F)C1(O)CCCN(Cc2cccc3cccnc23)C1. The quantitative estimate of drug-likeness (QED) is 0.896. The minimum absolute atomic E-state index is 0.239. The van der Waals surface area contributed by atoms with E-state index >= 15 is 0 Å². The summed E-state index contributed by atoms with van der Waals surface area (Å²) in [5.74, 6) is -6.47. The van der Waals surface area contributed by atoms with Crippen LogP contribution in [-0.2, 0) is 11.3 Å². The Balaban J connectivity index is 1.84. The Bertz CT molecular complexity index is 763. The van der Waals surface area contributed by atoms with E-state index in [9.17, 15) is 18.7 Å². The fraction of sp³-hybridized carbons (Fsp3) is 0.412. The number of carbonyl (C=O) groups is 1. The van der Waals surface area contributed by atoms with Crippen LogP contribution in [0.3, 0.4) is 0 Å². The molecular weight excluding hydrogens is 318 g/mol. The number of piperidine rings is 1. The number of halogens is 2. The molecule has 0 aliphatic carbocycles. The number of hydrogen-bond acceptors (Lipinski definition) is 4. The molecule has 1 aromatic heterocycles. The maximum atomic E-state index is 13.9. The first kappa shape index (κ1) is 16.7. The third-order valence-electron chi connectivity index (χ3n) is 4.51. The largest absolute Gasteiger partial charge is 0.477 e. The summed E-state index contributed by atoms with van der Waals surface area (Å²) in [5.41, 5.74) is -0.926. The Morgan fingerprint density at radius 1 is 1.33 bits per heavy atom. The van der Waals surface area contributed by atoms with E-state index in [0.29, 0.717) is 19.5 Å². The van der Waals surface area contributed by atoms with Crippen LogP contribution in [-0.4, -0.2) is 50.7 Å². The van der Waals surface area contributed by atoms with Crippen molar-refractivity contribution in [2.75, 3.05) is 13.1 Å². The van der Waals surface area contributed by atoms with Crippen LogP contribution in [0.15, 0.2) is 36.5 Å². The lowest BCUT2D eigenvalue weighted by Crippen LogP contribution is -2.61. The Labute approximate surface area is 137 Å². The number of nitrogens with zero attached hydrogens (tertiary/aromatic N) is 2. The van der Waals surface area contributed by atoms with Gasteiger partial charge in [-0.1, -0.05) is 24.3 Å². The highest BCUT2D eigenvalue weighted by molar-refractivity contribution is 5.81. The molecule has 2 heterocycles. The van der Waals surface area contributed by atoms with Gasteiger partial charge in [0.1, 0.15) is 0 Å². The van der Waals surface area contributed by atoms with Crippen LogP contribution in [0, 0.1) is 0 Å². The number of carboxylic acids is 1. The van der Waals surface area contributed by atoms with Gasteiger partial charge < -0.3 is 10.2 Å². The zero-order valence-electron chi connectivity index (χ0n) is 13.0. The minimum atomic E-state index is -4.18. The standard InChI is InChI=1S/C17H18F2N2O3/c18-17(19,15(22)23)16(24)7-3-9-21(11-16)10-13-5-1-4-12-6-2-8-20-14(12)13/h1-2,4-6,8,24H,3,7,9-11H2,(H,22,23). The van der Waals surface area contributed by atoms with Crippen molar-refractivity contribution in [3.8, 4) is 0 Å². The van der Waals surface area contributed by atoms with Gasteiger partial charge in [-0.05, 0) is 31.0 Å². The van der Waals surface area contributed by atoms with Gasteiger partial charge in [0.25, 0.3) is 0 Å². The number of para-hydroxylation sites is 1. The maximum absolute atomic E-state index is 13.9. The zero-order chi connectivity index (χ0) is 17.4. The normalized spacial score (nSPS) is 22.6. The van der Waals surface area contributed by atoms with Crippen molar-refractivity contribution >= 4 is 16.9 Å². The topological polar surface area (TPSA) is 73.7 Å². The summed E-state index contributed by atoms with van der Waals surface area (Å²) in [6.45, 7) is 0.448. The highest BCUT2D eigenvalue weighted by Gasteiger charge is 2.59. The van der Waals surface area contributed by atoms with Gasteiger partial charge in [0.2, 0.25) is 0 Å². The van der Waals surface area contributed by atoms with Crippen LogP contribution in [0.4, 0.5) is 8.78 Å². The number of rotatable bonds is 4. The summed E-state index contributed by atoms with van der Waals surface area (Å²) in [6.07, 6.45) is 1.73. The monoisotopic (exact) mass is 336 g/mol. The van der Waals surface area contributed by atoms with Crippen molar-refractivity contribution < 1.29 is 23.8 Å². The Morgan fingerprint density at radius 3 is 2.83 bits per heavy atom. The van der Waals surface area contributed by atoms with Gasteiger partial charge in [-0.3, -0.25) is 9.88 Å². The average molecular weight is 336 g/mol. The first-order chi connectivity index (χ1) is 11.3. The Kier molecular flexibility index (Phi) is 4.23. The van der Waals surface area contributed by atoms with Gasteiger partial charge in [0.15, 0.2) is 5.60 Å². The molecule has 128 valence electrons. The summed E-state index contributed by atoms with van der Waals surface area (Å²) in [5, 5.41) is 19.9. The van der Waals surface area contributed by atoms with E-state index in [-0.39, 0.29) is 6.42 Å².